The molecule has 1 aromatic heterocycles. The number of carbonyl (C=O) groups excluding carboxylic acids is 1. The van der Waals surface area contributed by atoms with E-state index < -0.39 is 4.92 Å². The van der Waals surface area contributed by atoms with Crippen molar-refractivity contribution in [1.82, 2.24) is 0 Å². The van der Waals surface area contributed by atoms with Crippen molar-refractivity contribution in [3.05, 3.63) is 93.4 Å². The fourth-order valence-corrected chi connectivity index (χ4v) is 3.55. The molecule has 170 valence electrons. The summed E-state index contributed by atoms with van der Waals surface area (Å²) in [6.45, 7) is 4.96. The minimum atomic E-state index is -0.427. The topological polar surface area (TPSA) is 95.0 Å². The Morgan fingerprint density at radius 3 is 2.58 bits per heavy atom. The number of aryl methyl sites for hydroxylation is 1. The number of benzene rings is 2. The van der Waals surface area contributed by atoms with Crippen LogP contribution in [0, 0.1) is 17.0 Å². The van der Waals surface area contributed by atoms with Gasteiger partial charge >= 0.3 is 0 Å². The van der Waals surface area contributed by atoms with E-state index in [4.69, 9.17) is 13.9 Å². The number of rotatable bonds is 8. The number of carbonyl (C=O) groups is 1. The summed E-state index contributed by atoms with van der Waals surface area (Å²) in [4.78, 5) is 25.2. The van der Waals surface area contributed by atoms with E-state index in [0.29, 0.717) is 41.6 Å². The lowest BCUT2D eigenvalue weighted by molar-refractivity contribution is -0.385. The van der Waals surface area contributed by atoms with Crippen LogP contribution < -0.4 is 9.64 Å². The predicted molar refractivity (Wildman–Crippen MR) is 124 cm³/mol. The summed E-state index contributed by atoms with van der Waals surface area (Å²) in [5.74, 6) is 1.51. The Morgan fingerprint density at radius 2 is 1.88 bits per heavy atom. The third-order valence-electron chi connectivity index (χ3n) is 5.36. The molecule has 33 heavy (non-hydrogen) atoms. The Labute approximate surface area is 191 Å². The molecular weight excluding hydrogens is 424 g/mol. The number of ketones is 1. The van der Waals surface area contributed by atoms with Crippen LogP contribution in [0.5, 0.6) is 5.75 Å². The highest BCUT2D eigenvalue weighted by molar-refractivity contribution is 6.06. The van der Waals surface area contributed by atoms with Crippen LogP contribution in [0.4, 0.5) is 11.4 Å². The van der Waals surface area contributed by atoms with Crippen molar-refractivity contribution in [2.24, 2.45) is 0 Å². The molecule has 1 aliphatic heterocycles. The van der Waals surface area contributed by atoms with E-state index in [2.05, 4.69) is 4.90 Å². The third kappa shape index (κ3) is 5.67. The molecule has 1 saturated heterocycles. The highest BCUT2D eigenvalue weighted by atomic mass is 16.6. The molecule has 0 saturated carbocycles. The minimum absolute atomic E-state index is 0.0492. The molecule has 0 atom stereocenters. The van der Waals surface area contributed by atoms with Crippen molar-refractivity contribution in [2.75, 3.05) is 31.2 Å². The molecule has 0 bridgehead atoms. The number of morpholine rings is 1. The molecule has 2 heterocycles. The maximum absolute atomic E-state index is 12.5. The van der Waals surface area contributed by atoms with E-state index in [9.17, 15) is 14.9 Å². The Morgan fingerprint density at radius 1 is 1.12 bits per heavy atom. The zero-order chi connectivity index (χ0) is 23.2. The second kappa shape index (κ2) is 10.1. The number of nitrogens with zero attached hydrogens (tertiary/aromatic N) is 2. The quantitative estimate of drug-likeness (QED) is 0.211. The lowest BCUT2D eigenvalue weighted by atomic mass is 10.1. The minimum Gasteiger partial charge on any atom is -0.486 e. The Bertz CT molecular complexity index is 1160. The van der Waals surface area contributed by atoms with Gasteiger partial charge in [0.05, 0.1) is 18.1 Å². The molecule has 2 aromatic carbocycles. The average Bonchev–Trinajstić information content (AvgIpc) is 3.29. The van der Waals surface area contributed by atoms with Crippen molar-refractivity contribution in [3.63, 3.8) is 0 Å². The highest BCUT2D eigenvalue weighted by Gasteiger charge is 2.13. The van der Waals surface area contributed by atoms with Gasteiger partial charge in [0.1, 0.15) is 23.9 Å². The van der Waals surface area contributed by atoms with Gasteiger partial charge in [-0.3, -0.25) is 14.9 Å². The molecule has 0 N–H and O–H groups in total. The highest BCUT2D eigenvalue weighted by Crippen LogP contribution is 2.24. The number of ether oxygens (including phenoxy) is 2. The predicted octanol–water partition coefficient (Wildman–Crippen LogP) is 4.81. The third-order valence-corrected chi connectivity index (χ3v) is 5.36. The second-order valence-electron chi connectivity index (χ2n) is 7.64. The molecule has 0 amide bonds. The van der Waals surface area contributed by atoms with Crippen molar-refractivity contribution in [2.45, 2.75) is 13.5 Å². The van der Waals surface area contributed by atoms with Gasteiger partial charge < -0.3 is 18.8 Å². The number of anilines is 1. The van der Waals surface area contributed by atoms with E-state index in [1.54, 1.807) is 37.3 Å². The summed E-state index contributed by atoms with van der Waals surface area (Å²) in [6, 6.07) is 15.7. The number of hydrogen-bond acceptors (Lipinski definition) is 7. The fraction of sp³-hybridized carbons (Fsp3) is 0.240. The van der Waals surface area contributed by atoms with Crippen molar-refractivity contribution in [1.29, 1.82) is 0 Å². The van der Waals surface area contributed by atoms with Crippen LogP contribution in [-0.2, 0) is 11.3 Å². The largest absolute Gasteiger partial charge is 0.486 e. The summed E-state index contributed by atoms with van der Waals surface area (Å²) in [6.07, 6.45) is 3.10. The summed E-state index contributed by atoms with van der Waals surface area (Å²) in [5.41, 5.74) is 2.26. The van der Waals surface area contributed by atoms with Crippen molar-refractivity contribution in [3.8, 4) is 5.75 Å². The van der Waals surface area contributed by atoms with Gasteiger partial charge in [-0.2, -0.15) is 0 Å². The Kier molecular flexibility index (Phi) is 6.85. The number of nitro benzene ring substituents is 1. The van der Waals surface area contributed by atoms with Gasteiger partial charge in [0, 0.05) is 36.0 Å². The van der Waals surface area contributed by atoms with Gasteiger partial charge in [-0.1, -0.05) is 0 Å². The SMILES string of the molecule is Cc1cc(OCc2ccc(/C=C/C(=O)c3ccc(N4CCOCC4)cc3)o2)ccc1[N+](=O)[O-]. The maximum Gasteiger partial charge on any atom is 0.272 e. The summed E-state index contributed by atoms with van der Waals surface area (Å²) < 4.78 is 16.7. The number of allylic oxidation sites excluding steroid dienone is 1. The van der Waals surface area contributed by atoms with Gasteiger partial charge in [-0.05, 0) is 67.6 Å². The van der Waals surface area contributed by atoms with Gasteiger partial charge in [0.2, 0.25) is 0 Å². The van der Waals surface area contributed by atoms with Crippen LogP contribution in [0.1, 0.15) is 27.4 Å². The molecule has 1 fully saturated rings. The Balaban J connectivity index is 1.32. The molecule has 8 heteroatoms. The number of furan rings is 1. The van der Waals surface area contributed by atoms with Gasteiger partial charge in [0.25, 0.3) is 5.69 Å². The standard InChI is InChI=1S/C25H24N2O6/c1-18-16-22(8-10-24(18)27(29)30)32-17-23-7-6-21(33-23)9-11-25(28)19-2-4-20(5-3-19)26-12-14-31-15-13-26/h2-11,16H,12-15,17H2,1H3/b11-9+. The monoisotopic (exact) mass is 448 g/mol. The molecular formula is C25H24N2O6. The summed E-state index contributed by atoms with van der Waals surface area (Å²) in [7, 11) is 0. The van der Waals surface area contributed by atoms with E-state index in [-0.39, 0.29) is 18.1 Å². The molecule has 8 nitrogen and oxygen atoms in total. The zero-order valence-electron chi connectivity index (χ0n) is 18.2. The van der Waals surface area contributed by atoms with Crippen LogP contribution in [0.15, 0.2) is 65.1 Å². The van der Waals surface area contributed by atoms with Crippen molar-refractivity contribution < 1.29 is 23.6 Å². The Hall–Kier alpha value is -3.91. The molecule has 3 aromatic rings. The zero-order valence-corrected chi connectivity index (χ0v) is 18.2. The van der Waals surface area contributed by atoms with Crippen LogP contribution in [0.2, 0.25) is 0 Å². The van der Waals surface area contributed by atoms with Gasteiger partial charge in [-0.25, -0.2) is 0 Å². The first-order valence-corrected chi connectivity index (χ1v) is 10.6. The first-order chi connectivity index (χ1) is 16.0. The summed E-state index contributed by atoms with van der Waals surface area (Å²) >= 11 is 0. The average molecular weight is 448 g/mol. The first kappa shape index (κ1) is 22.3. The van der Waals surface area contributed by atoms with E-state index in [1.807, 2.05) is 24.3 Å². The smallest absolute Gasteiger partial charge is 0.272 e. The lowest BCUT2D eigenvalue weighted by Crippen LogP contribution is -2.36. The van der Waals surface area contributed by atoms with Crippen LogP contribution in [0.3, 0.4) is 0 Å². The number of nitro groups is 1. The van der Waals surface area contributed by atoms with Crippen LogP contribution in [0.25, 0.3) is 6.08 Å². The van der Waals surface area contributed by atoms with Crippen LogP contribution >= 0.6 is 0 Å². The number of hydrogen-bond donors (Lipinski definition) is 0. The van der Waals surface area contributed by atoms with E-state index in [1.165, 1.54) is 12.1 Å². The van der Waals surface area contributed by atoms with Gasteiger partial charge in [-0.15, -0.1) is 0 Å². The van der Waals surface area contributed by atoms with Crippen LogP contribution in [-0.4, -0.2) is 37.0 Å². The fourth-order valence-electron chi connectivity index (χ4n) is 3.55. The first-order valence-electron chi connectivity index (χ1n) is 10.6. The molecule has 0 aliphatic carbocycles. The summed E-state index contributed by atoms with van der Waals surface area (Å²) in [5, 5.41) is 10.9. The molecule has 0 radical (unpaired) electrons. The van der Waals surface area contributed by atoms with E-state index in [0.717, 1.165) is 18.8 Å². The lowest BCUT2D eigenvalue weighted by Gasteiger charge is -2.28. The van der Waals surface area contributed by atoms with Gasteiger partial charge in [0.15, 0.2) is 5.78 Å². The second-order valence-corrected chi connectivity index (χ2v) is 7.64. The molecule has 4 rings (SSSR count). The molecule has 0 spiro atoms. The van der Waals surface area contributed by atoms with Crippen molar-refractivity contribution >= 4 is 23.2 Å². The van der Waals surface area contributed by atoms with E-state index >= 15 is 0 Å². The normalized spacial score (nSPS) is 13.9. The molecule has 1 aliphatic rings. The molecule has 0 unspecified atom stereocenters. The maximum atomic E-state index is 12.5.